The molecule has 27 heavy (non-hydrogen) atoms. The number of benzene rings is 2. The normalized spacial score (nSPS) is 10.4. The van der Waals surface area contributed by atoms with E-state index in [0.717, 1.165) is 24.3 Å². The molecule has 2 rings (SSSR count). The van der Waals surface area contributed by atoms with Crippen LogP contribution in [0.4, 0.5) is 5.69 Å². The van der Waals surface area contributed by atoms with Crippen LogP contribution in [0, 0.1) is 0 Å². The van der Waals surface area contributed by atoms with Gasteiger partial charge in [0.2, 0.25) is 0 Å². The largest absolute Gasteiger partial charge is 0.465 e. The minimum atomic E-state index is -0.361. The molecule has 6 heteroatoms. The zero-order valence-corrected chi connectivity index (χ0v) is 16.7. The molecule has 1 amide bonds. The van der Waals surface area contributed by atoms with E-state index in [2.05, 4.69) is 28.8 Å². The number of esters is 1. The molecule has 1 N–H and O–H groups in total. The molecule has 144 valence electrons. The van der Waals surface area contributed by atoms with Crippen molar-refractivity contribution in [2.45, 2.75) is 20.3 Å². The van der Waals surface area contributed by atoms with Crippen LogP contribution in [0.25, 0.3) is 0 Å². The van der Waals surface area contributed by atoms with E-state index >= 15 is 0 Å². The summed E-state index contributed by atoms with van der Waals surface area (Å²) in [6, 6.07) is 12.6. The predicted molar refractivity (Wildman–Crippen MR) is 109 cm³/mol. The van der Waals surface area contributed by atoms with Crippen LogP contribution in [0.1, 0.15) is 40.1 Å². The second kappa shape index (κ2) is 9.97. The zero-order chi connectivity index (χ0) is 19.8. The monoisotopic (exact) mass is 388 g/mol. The lowest BCUT2D eigenvalue weighted by Crippen LogP contribution is -2.30. The van der Waals surface area contributed by atoms with E-state index in [1.807, 2.05) is 18.2 Å². The highest BCUT2D eigenvalue weighted by molar-refractivity contribution is 6.31. The summed E-state index contributed by atoms with van der Waals surface area (Å²) in [7, 11) is 1.36. The van der Waals surface area contributed by atoms with Crippen LogP contribution in [-0.4, -0.2) is 38.6 Å². The van der Waals surface area contributed by atoms with E-state index in [1.165, 1.54) is 7.11 Å². The summed E-state index contributed by atoms with van der Waals surface area (Å²) in [5.74, 6) is -0.509. The van der Waals surface area contributed by atoms with E-state index < -0.39 is 0 Å². The first-order valence-corrected chi connectivity index (χ1v) is 9.37. The van der Waals surface area contributed by atoms with Gasteiger partial charge in [-0.15, -0.1) is 0 Å². The summed E-state index contributed by atoms with van der Waals surface area (Å²) in [6.07, 6.45) is 0.661. The summed E-state index contributed by atoms with van der Waals surface area (Å²) in [4.78, 5) is 26.2. The number of carbonyl (C=O) groups excluding carboxylic acids is 2. The highest BCUT2D eigenvalue weighted by atomic mass is 35.5. The van der Waals surface area contributed by atoms with Crippen molar-refractivity contribution in [3.8, 4) is 0 Å². The summed E-state index contributed by atoms with van der Waals surface area (Å²) in [5.41, 5.74) is 2.99. The van der Waals surface area contributed by atoms with Crippen LogP contribution < -0.4 is 10.2 Å². The van der Waals surface area contributed by atoms with Gasteiger partial charge in [-0.25, -0.2) is 4.79 Å². The van der Waals surface area contributed by atoms with Crippen molar-refractivity contribution in [1.29, 1.82) is 0 Å². The maximum absolute atomic E-state index is 12.7. The standard InChI is InChI=1S/C21H25ClN2O3/c1-4-24(5-2)19-11-10-17(22)14-18(19)20(25)23-13-12-15-6-8-16(9-7-15)21(26)27-3/h6-11,14H,4-5,12-13H2,1-3H3,(H,23,25). The van der Waals surface area contributed by atoms with Crippen LogP contribution in [0.3, 0.4) is 0 Å². The second-order valence-corrected chi connectivity index (χ2v) is 6.46. The average molecular weight is 389 g/mol. The number of amides is 1. The number of rotatable bonds is 8. The molecule has 2 aromatic rings. The third-order valence-corrected chi connectivity index (χ3v) is 4.62. The van der Waals surface area contributed by atoms with Crippen molar-refractivity contribution in [3.63, 3.8) is 0 Å². The number of carbonyl (C=O) groups is 2. The Morgan fingerprint density at radius 3 is 2.33 bits per heavy atom. The fraction of sp³-hybridized carbons (Fsp3) is 0.333. The number of ether oxygens (including phenoxy) is 1. The van der Waals surface area contributed by atoms with Gasteiger partial charge in [0.25, 0.3) is 5.91 Å². The highest BCUT2D eigenvalue weighted by Gasteiger charge is 2.15. The fourth-order valence-corrected chi connectivity index (χ4v) is 3.04. The lowest BCUT2D eigenvalue weighted by atomic mass is 10.1. The Morgan fingerprint density at radius 1 is 1.07 bits per heavy atom. The lowest BCUT2D eigenvalue weighted by Gasteiger charge is -2.24. The van der Waals surface area contributed by atoms with E-state index in [0.29, 0.717) is 29.1 Å². The van der Waals surface area contributed by atoms with Gasteiger partial charge < -0.3 is 15.0 Å². The summed E-state index contributed by atoms with van der Waals surface area (Å²) >= 11 is 6.10. The number of halogens is 1. The number of hydrogen-bond acceptors (Lipinski definition) is 4. The molecule has 0 aliphatic carbocycles. The first-order chi connectivity index (χ1) is 13.0. The van der Waals surface area contributed by atoms with E-state index in [9.17, 15) is 9.59 Å². The maximum Gasteiger partial charge on any atom is 0.337 e. The van der Waals surface area contributed by atoms with Crippen LogP contribution in [0.5, 0.6) is 0 Å². The molecule has 0 saturated carbocycles. The fourth-order valence-electron chi connectivity index (χ4n) is 2.87. The van der Waals surface area contributed by atoms with E-state index in [-0.39, 0.29) is 11.9 Å². The molecule has 0 bridgehead atoms. The zero-order valence-electron chi connectivity index (χ0n) is 15.9. The van der Waals surface area contributed by atoms with Gasteiger partial charge in [-0.1, -0.05) is 23.7 Å². The van der Waals surface area contributed by atoms with E-state index in [1.54, 1.807) is 24.3 Å². The number of hydrogen-bond donors (Lipinski definition) is 1. The average Bonchev–Trinajstić information content (AvgIpc) is 2.69. The molecule has 0 spiro atoms. The van der Waals surface area contributed by atoms with Gasteiger partial charge in [0, 0.05) is 30.3 Å². The third kappa shape index (κ3) is 5.47. The van der Waals surface area contributed by atoms with Crippen molar-refractivity contribution in [3.05, 3.63) is 64.2 Å². The van der Waals surface area contributed by atoms with Crippen molar-refractivity contribution in [1.82, 2.24) is 5.32 Å². The number of nitrogens with zero attached hydrogens (tertiary/aromatic N) is 1. The molecular formula is C21H25ClN2O3. The molecule has 0 aliphatic rings. The number of methoxy groups -OCH3 is 1. The van der Waals surface area contributed by atoms with Gasteiger partial charge in [0.15, 0.2) is 0 Å². The first-order valence-electron chi connectivity index (χ1n) is 9.00. The van der Waals surface area contributed by atoms with Crippen molar-refractivity contribution in [2.24, 2.45) is 0 Å². The Labute approximate surface area is 165 Å². The van der Waals surface area contributed by atoms with Gasteiger partial charge in [0.1, 0.15) is 0 Å². The van der Waals surface area contributed by atoms with Crippen molar-refractivity contribution >= 4 is 29.2 Å². The van der Waals surface area contributed by atoms with Gasteiger partial charge in [-0.05, 0) is 56.2 Å². The van der Waals surface area contributed by atoms with E-state index in [4.69, 9.17) is 11.6 Å². The summed E-state index contributed by atoms with van der Waals surface area (Å²) in [6.45, 7) is 6.21. The summed E-state index contributed by atoms with van der Waals surface area (Å²) < 4.78 is 4.69. The minimum absolute atomic E-state index is 0.148. The molecule has 0 aromatic heterocycles. The Kier molecular flexibility index (Phi) is 7.67. The van der Waals surface area contributed by atoms with Crippen LogP contribution in [-0.2, 0) is 11.2 Å². The molecule has 0 unspecified atom stereocenters. The SMILES string of the molecule is CCN(CC)c1ccc(Cl)cc1C(=O)NCCc1ccc(C(=O)OC)cc1. The van der Waals surface area contributed by atoms with Crippen molar-refractivity contribution in [2.75, 3.05) is 31.6 Å². The third-order valence-electron chi connectivity index (χ3n) is 4.38. The first kappa shape index (κ1) is 20.8. The van der Waals surface area contributed by atoms with Crippen LogP contribution >= 0.6 is 11.6 Å². The Hall–Kier alpha value is -2.53. The predicted octanol–water partition coefficient (Wildman–Crippen LogP) is 3.95. The van der Waals surface area contributed by atoms with Gasteiger partial charge in [-0.2, -0.15) is 0 Å². The lowest BCUT2D eigenvalue weighted by molar-refractivity contribution is 0.0600. The molecule has 5 nitrogen and oxygen atoms in total. The van der Waals surface area contributed by atoms with Crippen LogP contribution in [0.15, 0.2) is 42.5 Å². The van der Waals surface area contributed by atoms with Crippen LogP contribution in [0.2, 0.25) is 5.02 Å². The molecular weight excluding hydrogens is 364 g/mol. The van der Waals surface area contributed by atoms with Gasteiger partial charge in [-0.3, -0.25) is 4.79 Å². The molecule has 2 aromatic carbocycles. The van der Waals surface area contributed by atoms with Gasteiger partial charge >= 0.3 is 5.97 Å². The molecule has 0 saturated heterocycles. The number of anilines is 1. The quantitative estimate of drug-likeness (QED) is 0.696. The maximum atomic E-state index is 12.7. The molecule has 0 aliphatic heterocycles. The smallest absolute Gasteiger partial charge is 0.337 e. The topological polar surface area (TPSA) is 58.6 Å². The van der Waals surface area contributed by atoms with Crippen molar-refractivity contribution < 1.29 is 14.3 Å². The Morgan fingerprint density at radius 2 is 1.74 bits per heavy atom. The Bertz CT molecular complexity index is 787. The number of nitrogens with one attached hydrogen (secondary N) is 1. The molecule has 0 heterocycles. The minimum Gasteiger partial charge on any atom is -0.465 e. The second-order valence-electron chi connectivity index (χ2n) is 6.03. The molecule has 0 atom stereocenters. The summed E-state index contributed by atoms with van der Waals surface area (Å²) in [5, 5.41) is 3.49. The highest BCUT2D eigenvalue weighted by Crippen LogP contribution is 2.24. The Balaban J connectivity index is 2.01. The van der Waals surface area contributed by atoms with Gasteiger partial charge in [0.05, 0.1) is 18.2 Å². The molecule has 0 fully saturated rings. The molecule has 0 radical (unpaired) electrons.